The number of carbonyl (C=O) groups is 1. The second-order valence-corrected chi connectivity index (χ2v) is 4.84. The summed E-state index contributed by atoms with van der Waals surface area (Å²) in [5.41, 5.74) is 3.46. The Morgan fingerprint density at radius 3 is 2.95 bits per heavy atom. The van der Waals surface area contributed by atoms with Crippen molar-refractivity contribution in [1.29, 1.82) is 0 Å². The van der Waals surface area contributed by atoms with Crippen LogP contribution in [-0.4, -0.2) is 27.6 Å². The summed E-state index contributed by atoms with van der Waals surface area (Å²) in [5, 5.41) is 8.47. The van der Waals surface area contributed by atoms with E-state index in [0.29, 0.717) is 12.2 Å². The molecule has 104 valence electrons. The van der Waals surface area contributed by atoms with Gasteiger partial charge in [0.25, 0.3) is 0 Å². The first-order chi connectivity index (χ1) is 9.81. The normalized spacial score (nSPS) is 13.8. The lowest BCUT2D eigenvalue weighted by Gasteiger charge is -2.14. The Morgan fingerprint density at radius 2 is 2.10 bits per heavy atom. The van der Waals surface area contributed by atoms with Gasteiger partial charge >= 0.3 is 5.97 Å². The van der Waals surface area contributed by atoms with Crippen molar-refractivity contribution in [3.05, 3.63) is 41.2 Å². The molecule has 0 N–H and O–H groups in total. The average molecular weight is 271 g/mol. The number of hydrogen-bond donors (Lipinski definition) is 0. The van der Waals surface area contributed by atoms with Crippen LogP contribution in [-0.2, 0) is 17.6 Å². The number of hydrogen-bond acceptors (Lipinski definition) is 4. The van der Waals surface area contributed by atoms with Gasteiger partial charge in [-0.25, -0.2) is 9.48 Å². The summed E-state index contributed by atoms with van der Waals surface area (Å²) in [5.74, 6) is -0.317. The van der Waals surface area contributed by atoms with Crippen molar-refractivity contribution in [3.63, 3.8) is 0 Å². The van der Waals surface area contributed by atoms with E-state index in [9.17, 15) is 4.79 Å². The largest absolute Gasteiger partial charge is 0.462 e. The number of fused-ring (bicyclic) bond motifs is 1. The Kier molecular flexibility index (Phi) is 3.50. The Balaban J connectivity index is 2.06. The predicted octanol–water partition coefficient (Wildman–Crippen LogP) is 2.32. The third-order valence-electron chi connectivity index (χ3n) is 3.55. The number of esters is 1. The molecule has 1 aromatic carbocycles. The van der Waals surface area contributed by atoms with Gasteiger partial charge in [-0.1, -0.05) is 17.3 Å². The highest BCUT2D eigenvalue weighted by Crippen LogP contribution is 2.23. The summed E-state index contributed by atoms with van der Waals surface area (Å²) in [6, 6.07) is 7.38. The first-order valence-corrected chi connectivity index (χ1v) is 7.01. The molecule has 5 heteroatoms. The number of rotatable bonds is 3. The monoisotopic (exact) mass is 271 g/mol. The van der Waals surface area contributed by atoms with E-state index >= 15 is 0 Å². The first kappa shape index (κ1) is 12.8. The maximum absolute atomic E-state index is 12.0. The number of carbonyl (C=O) groups excluding carboxylic acids is 1. The summed E-state index contributed by atoms with van der Waals surface area (Å²) in [4.78, 5) is 12.0. The molecule has 1 aliphatic carbocycles. The van der Waals surface area contributed by atoms with Crippen molar-refractivity contribution in [2.75, 3.05) is 6.61 Å². The molecule has 0 radical (unpaired) electrons. The quantitative estimate of drug-likeness (QED) is 0.804. The van der Waals surface area contributed by atoms with Gasteiger partial charge in [0.2, 0.25) is 0 Å². The molecule has 1 aliphatic rings. The number of aryl methyl sites for hydroxylation is 1. The fourth-order valence-corrected chi connectivity index (χ4v) is 2.60. The van der Waals surface area contributed by atoms with Gasteiger partial charge in [-0.2, -0.15) is 0 Å². The van der Waals surface area contributed by atoms with Gasteiger partial charge in [0.1, 0.15) is 0 Å². The van der Waals surface area contributed by atoms with Crippen LogP contribution in [0.2, 0.25) is 0 Å². The van der Waals surface area contributed by atoms with Crippen molar-refractivity contribution in [2.45, 2.75) is 32.6 Å². The van der Waals surface area contributed by atoms with Gasteiger partial charge in [-0.15, -0.1) is 5.10 Å². The van der Waals surface area contributed by atoms with Crippen LogP contribution >= 0.6 is 0 Å². The minimum Gasteiger partial charge on any atom is -0.462 e. The van der Waals surface area contributed by atoms with E-state index in [0.717, 1.165) is 42.8 Å². The van der Waals surface area contributed by atoms with E-state index in [2.05, 4.69) is 10.3 Å². The van der Waals surface area contributed by atoms with Crippen molar-refractivity contribution < 1.29 is 9.53 Å². The molecule has 0 unspecified atom stereocenters. The zero-order valence-electron chi connectivity index (χ0n) is 11.5. The SMILES string of the molecule is CCOC(=O)c1ccccc1-n1nnc2c1CCCC2. The predicted molar refractivity (Wildman–Crippen MR) is 74.0 cm³/mol. The summed E-state index contributed by atoms with van der Waals surface area (Å²) in [6.07, 6.45) is 4.23. The second kappa shape index (κ2) is 5.45. The van der Waals surface area contributed by atoms with Gasteiger partial charge in [0, 0.05) is 0 Å². The van der Waals surface area contributed by atoms with E-state index in [1.165, 1.54) is 0 Å². The molecule has 0 saturated heterocycles. The molecule has 0 atom stereocenters. The molecule has 1 heterocycles. The van der Waals surface area contributed by atoms with Crippen molar-refractivity contribution in [1.82, 2.24) is 15.0 Å². The molecular formula is C15H17N3O2. The van der Waals surface area contributed by atoms with Crippen LogP contribution in [0.25, 0.3) is 5.69 Å². The average Bonchev–Trinajstić information content (AvgIpc) is 2.91. The molecule has 0 aliphatic heterocycles. The van der Waals surface area contributed by atoms with Gasteiger partial charge in [0.05, 0.1) is 29.2 Å². The summed E-state index contributed by atoms with van der Waals surface area (Å²) < 4.78 is 6.90. The van der Waals surface area contributed by atoms with Gasteiger partial charge in [-0.05, 0) is 44.7 Å². The van der Waals surface area contributed by atoms with Crippen molar-refractivity contribution in [3.8, 4) is 5.69 Å². The van der Waals surface area contributed by atoms with Crippen molar-refractivity contribution >= 4 is 5.97 Å². The van der Waals surface area contributed by atoms with E-state index in [-0.39, 0.29) is 5.97 Å². The molecule has 5 nitrogen and oxygen atoms in total. The Morgan fingerprint density at radius 1 is 1.30 bits per heavy atom. The standard InChI is InChI=1S/C15H17N3O2/c1-2-20-15(19)11-7-3-5-9-13(11)18-14-10-6-4-8-12(14)16-17-18/h3,5,7,9H,2,4,6,8,10H2,1H3. The van der Waals surface area contributed by atoms with Gasteiger partial charge in [0.15, 0.2) is 0 Å². The first-order valence-electron chi connectivity index (χ1n) is 7.01. The number of nitrogens with zero attached hydrogens (tertiary/aromatic N) is 3. The maximum Gasteiger partial charge on any atom is 0.340 e. The Labute approximate surface area is 117 Å². The van der Waals surface area contributed by atoms with Crippen LogP contribution < -0.4 is 0 Å². The van der Waals surface area contributed by atoms with E-state index in [1.54, 1.807) is 17.7 Å². The molecule has 0 saturated carbocycles. The van der Waals surface area contributed by atoms with Crippen LogP contribution in [0.1, 0.15) is 41.5 Å². The van der Waals surface area contributed by atoms with Crippen LogP contribution in [0.5, 0.6) is 0 Å². The van der Waals surface area contributed by atoms with Gasteiger partial charge < -0.3 is 4.74 Å². The van der Waals surface area contributed by atoms with Crippen LogP contribution in [0.4, 0.5) is 0 Å². The molecular weight excluding hydrogens is 254 g/mol. The molecule has 2 aromatic rings. The Bertz CT molecular complexity index is 634. The lowest BCUT2D eigenvalue weighted by atomic mass is 10.0. The minimum absolute atomic E-state index is 0.317. The third kappa shape index (κ3) is 2.19. The molecule has 0 spiro atoms. The highest BCUT2D eigenvalue weighted by Gasteiger charge is 2.21. The number of ether oxygens (including phenoxy) is 1. The van der Waals surface area contributed by atoms with Crippen molar-refractivity contribution in [2.24, 2.45) is 0 Å². The molecule has 3 rings (SSSR count). The molecule has 20 heavy (non-hydrogen) atoms. The number of para-hydroxylation sites is 1. The fraction of sp³-hybridized carbons (Fsp3) is 0.400. The lowest BCUT2D eigenvalue weighted by molar-refractivity contribution is 0.0526. The fourth-order valence-electron chi connectivity index (χ4n) is 2.60. The maximum atomic E-state index is 12.0. The third-order valence-corrected chi connectivity index (χ3v) is 3.55. The minimum atomic E-state index is -0.317. The van der Waals surface area contributed by atoms with Gasteiger partial charge in [-0.3, -0.25) is 0 Å². The smallest absolute Gasteiger partial charge is 0.340 e. The highest BCUT2D eigenvalue weighted by molar-refractivity contribution is 5.93. The van der Waals surface area contributed by atoms with E-state index in [1.807, 2.05) is 18.2 Å². The molecule has 1 aromatic heterocycles. The Hall–Kier alpha value is -2.17. The molecule has 0 amide bonds. The topological polar surface area (TPSA) is 57.0 Å². The van der Waals surface area contributed by atoms with E-state index < -0.39 is 0 Å². The molecule has 0 bridgehead atoms. The summed E-state index contributed by atoms with van der Waals surface area (Å²) in [7, 11) is 0. The van der Waals surface area contributed by atoms with Crippen LogP contribution in [0, 0.1) is 0 Å². The van der Waals surface area contributed by atoms with Crippen LogP contribution in [0.3, 0.4) is 0 Å². The lowest BCUT2D eigenvalue weighted by Crippen LogP contribution is -2.13. The number of benzene rings is 1. The summed E-state index contributed by atoms with van der Waals surface area (Å²) >= 11 is 0. The zero-order valence-corrected chi connectivity index (χ0v) is 11.5. The van der Waals surface area contributed by atoms with Crippen LogP contribution in [0.15, 0.2) is 24.3 Å². The second-order valence-electron chi connectivity index (χ2n) is 4.84. The highest BCUT2D eigenvalue weighted by atomic mass is 16.5. The number of aromatic nitrogens is 3. The zero-order chi connectivity index (χ0) is 13.9. The summed E-state index contributed by atoms with van der Waals surface area (Å²) in [6.45, 7) is 2.17. The molecule has 0 fully saturated rings. The van der Waals surface area contributed by atoms with E-state index in [4.69, 9.17) is 4.74 Å².